The topological polar surface area (TPSA) is 66.5 Å². The molecule has 3 rings (SSSR count). The molecule has 1 N–H and O–H groups in total. The molecule has 1 aliphatic carbocycles. The van der Waals surface area contributed by atoms with Gasteiger partial charge in [0.25, 0.3) is 5.91 Å². The maximum absolute atomic E-state index is 12.2. The van der Waals surface area contributed by atoms with Crippen LogP contribution < -0.4 is 9.62 Å². The number of benzene rings is 1. The van der Waals surface area contributed by atoms with E-state index in [0.717, 1.165) is 12.8 Å². The second-order valence-corrected chi connectivity index (χ2v) is 8.11. The van der Waals surface area contributed by atoms with E-state index in [1.54, 1.807) is 24.3 Å². The lowest BCUT2D eigenvalue weighted by Gasteiger charge is -2.23. The zero-order valence-electron chi connectivity index (χ0n) is 12.6. The molecule has 5 nitrogen and oxygen atoms in total. The molecule has 1 aliphatic heterocycles. The first-order valence-electron chi connectivity index (χ1n) is 7.98. The molecule has 0 atom stereocenters. The van der Waals surface area contributed by atoms with E-state index in [-0.39, 0.29) is 17.7 Å². The van der Waals surface area contributed by atoms with Crippen molar-refractivity contribution in [1.82, 2.24) is 5.32 Å². The SMILES string of the molecule is O=C(NC1CCCCC1)c1ccc(N2CCCS2(=O)=O)cc1. The van der Waals surface area contributed by atoms with E-state index in [1.807, 2.05) is 0 Å². The summed E-state index contributed by atoms with van der Waals surface area (Å²) in [4.78, 5) is 12.2. The van der Waals surface area contributed by atoms with Crippen molar-refractivity contribution in [3.05, 3.63) is 29.8 Å². The second-order valence-electron chi connectivity index (χ2n) is 6.10. The van der Waals surface area contributed by atoms with E-state index in [4.69, 9.17) is 0 Å². The van der Waals surface area contributed by atoms with Crippen LogP contribution in [0.4, 0.5) is 5.69 Å². The van der Waals surface area contributed by atoms with Gasteiger partial charge in [-0.15, -0.1) is 0 Å². The van der Waals surface area contributed by atoms with Gasteiger partial charge >= 0.3 is 0 Å². The normalized spacial score (nSPS) is 21.7. The second kappa shape index (κ2) is 6.28. The molecular weight excluding hydrogens is 300 g/mol. The van der Waals surface area contributed by atoms with Gasteiger partial charge < -0.3 is 5.32 Å². The molecular formula is C16H22N2O3S. The molecule has 0 unspecified atom stereocenters. The Kier molecular flexibility index (Phi) is 4.38. The Hall–Kier alpha value is -1.56. The fourth-order valence-corrected chi connectivity index (χ4v) is 4.79. The maximum Gasteiger partial charge on any atom is 0.251 e. The number of nitrogens with zero attached hydrogens (tertiary/aromatic N) is 1. The van der Waals surface area contributed by atoms with Crippen LogP contribution >= 0.6 is 0 Å². The highest BCUT2D eigenvalue weighted by Crippen LogP contribution is 2.24. The van der Waals surface area contributed by atoms with Crippen molar-refractivity contribution >= 4 is 21.6 Å². The summed E-state index contributed by atoms with van der Waals surface area (Å²) in [6.07, 6.45) is 6.37. The third-order valence-corrected chi connectivity index (χ3v) is 6.33. The van der Waals surface area contributed by atoms with Crippen molar-refractivity contribution in [1.29, 1.82) is 0 Å². The maximum atomic E-state index is 12.2. The summed E-state index contributed by atoms with van der Waals surface area (Å²) >= 11 is 0. The highest BCUT2D eigenvalue weighted by molar-refractivity contribution is 7.93. The number of rotatable bonds is 3. The molecule has 6 heteroatoms. The Balaban J connectivity index is 1.67. The molecule has 0 radical (unpaired) electrons. The van der Waals surface area contributed by atoms with Crippen molar-refractivity contribution in [3.8, 4) is 0 Å². The fourth-order valence-electron chi connectivity index (χ4n) is 3.22. The van der Waals surface area contributed by atoms with E-state index < -0.39 is 10.0 Å². The average Bonchev–Trinajstić information content (AvgIpc) is 2.88. The lowest BCUT2D eigenvalue weighted by molar-refractivity contribution is 0.0927. The van der Waals surface area contributed by atoms with Crippen molar-refractivity contribution in [3.63, 3.8) is 0 Å². The number of carbonyl (C=O) groups is 1. The molecule has 2 aliphatic rings. The molecule has 0 spiro atoms. The highest BCUT2D eigenvalue weighted by Gasteiger charge is 2.28. The van der Waals surface area contributed by atoms with Crippen molar-refractivity contribution in [2.24, 2.45) is 0 Å². The summed E-state index contributed by atoms with van der Waals surface area (Å²) in [7, 11) is -3.16. The standard InChI is InChI=1S/C16H22N2O3S/c19-16(17-14-5-2-1-3-6-14)13-7-9-15(10-8-13)18-11-4-12-22(18,20)21/h7-10,14H,1-6,11-12H2,(H,17,19). The van der Waals surface area contributed by atoms with Crippen molar-refractivity contribution in [2.75, 3.05) is 16.6 Å². The van der Waals surface area contributed by atoms with Crippen LogP contribution in [0.15, 0.2) is 24.3 Å². The lowest BCUT2D eigenvalue weighted by Crippen LogP contribution is -2.36. The van der Waals surface area contributed by atoms with E-state index in [2.05, 4.69) is 5.32 Å². The van der Waals surface area contributed by atoms with Crippen LogP contribution in [0.3, 0.4) is 0 Å². The highest BCUT2D eigenvalue weighted by atomic mass is 32.2. The van der Waals surface area contributed by atoms with Crippen molar-refractivity contribution in [2.45, 2.75) is 44.6 Å². The Bertz CT molecular complexity index is 634. The number of carbonyl (C=O) groups excluding carboxylic acids is 1. The van der Waals surface area contributed by atoms with Gasteiger partial charge in [0, 0.05) is 18.2 Å². The van der Waals surface area contributed by atoms with Gasteiger partial charge in [-0.3, -0.25) is 9.10 Å². The van der Waals surface area contributed by atoms with Crippen LogP contribution in [0.5, 0.6) is 0 Å². The largest absolute Gasteiger partial charge is 0.349 e. The average molecular weight is 322 g/mol. The molecule has 1 heterocycles. The minimum Gasteiger partial charge on any atom is -0.349 e. The smallest absolute Gasteiger partial charge is 0.251 e. The van der Waals surface area contributed by atoms with Gasteiger partial charge in [0.2, 0.25) is 10.0 Å². The van der Waals surface area contributed by atoms with E-state index in [1.165, 1.54) is 23.6 Å². The number of hydrogen-bond acceptors (Lipinski definition) is 3. The van der Waals surface area contributed by atoms with Gasteiger partial charge in [-0.05, 0) is 43.5 Å². The van der Waals surface area contributed by atoms with Crippen LogP contribution in [0.1, 0.15) is 48.9 Å². The zero-order valence-corrected chi connectivity index (χ0v) is 13.4. The summed E-state index contributed by atoms with van der Waals surface area (Å²) in [5.74, 6) is 0.138. The molecule has 1 saturated carbocycles. The van der Waals surface area contributed by atoms with Crippen LogP contribution in [0.2, 0.25) is 0 Å². The summed E-state index contributed by atoms with van der Waals surface area (Å²) in [6.45, 7) is 0.524. The number of hydrogen-bond donors (Lipinski definition) is 1. The molecule has 120 valence electrons. The molecule has 1 aromatic carbocycles. The Labute approximate surface area is 131 Å². The number of anilines is 1. The first-order valence-corrected chi connectivity index (χ1v) is 9.58. The van der Waals surface area contributed by atoms with Gasteiger partial charge in [0.15, 0.2) is 0 Å². The molecule has 1 aromatic rings. The van der Waals surface area contributed by atoms with E-state index in [9.17, 15) is 13.2 Å². The van der Waals surface area contributed by atoms with E-state index in [0.29, 0.717) is 24.2 Å². The summed E-state index contributed by atoms with van der Waals surface area (Å²) in [6, 6.07) is 7.14. The first-order chi connectivity index (χ1) is 10.6. The predicted molar refractivity (Wildman–Crippen MR) is 86.5 cm³/mol. The molecule has 0 aromatic heterocycles. The monoisotopic (exact) mass is 322 g/mol. The summed E-state index contributed by atoms with van der Waals surface area (Å²) < 4.78 is 25.2. The summed E-state index contributed by atoms with van der Waals surface area (Å²) in [5, 5.41) is 3.07. The molecule has 1 saturated heterocycles. The quantitative estimate of drug-likeness (QED) is 0.928. The first kappa shape index (κ1) is 15.3. The minimum atomic E-state index is -3.16. The third-order valence-electron chi connectivity index (χ3n) is 4.46. The van der Waals surface area contributed by atoms with Crippen molar-refractivity contribution < 1.29 is 13.2 Å². The Morgan fingerprint density at radius 3 is 2.32 bits per heavy atom. The summed E-state index contributed by atoms with van der Waals surface area (Å²) in [5.41, 5.74) is 1.23. The number of nitrogens with one attached hydrogen (secondary N) is 1. The third kappa shape index (κ3) is 3.27. The minimum absolute atomic E-state index is 0.0669. The fraction of sp³-hybridized carbons (Fsp3) is 0.562. The Morgan fingerprint density at radius 2 is 1.73 bits per heavy atom. The molecule has 22 heavy (non-hydrogen) atoms. The lowest BCUT2D eigenvalue weighted by atomic mass is 9.95. The molecule has 1 amide bonds. The number of amides is 1. The Morgan fingerprint density at radius 1 is 1.05 bits per heavy atom. The van der Waals surface area contributed by atoms with Crippen LogP contribution in [0, 0.1) is 0 Å². The van der Waals surface area contributed by atoms with Gasteiger partial charge in [-0.2, -0.15) is 0 Å². The number of sulfonamides is 1. The van der Waals surface area contributed by atoms with Crippen LogP contribution in [-0.2, 0) is 10.0 Å². The molecule has 0 bridgehead atoms. The van der Waals surface area contributed by atoms with Crippen LogP contribution in [0.25, 0.3) is 0 Å². The van der Waals surface area contributed by atoms with Gasteiger partial charge in [-0.1, -0.05) is 19.3 Å². The van der Waals surface area contributed by atoms with Crippen LogP contribution in [-0.4, -0.2) is 32.7 Å². The molecule has 2 fully saturated rings. The predicted octanol–water partition coefficient (Wildman–Crippen LogP) is 2.29. The zero-order chi connectivity index (χ0) is 15.6. The van der Waals surface area contributed by atoms with Gasteiger partial charge in [-0.25, -0.2) is 8.42 Å². The van der Waals surface area contributed by atoms with Gasteiger partial charge in [0.05, 0.1) is 11.4 Å². The van der Waals surface area contributed by atoms with Gasteiger partial charge in [0.1, 0.15) is 0 Å². The van der Waals surface area contributed by atoms with E-state index >= 15 is 0 Å².